The number of carbonyl (C=O) groups is 1. The van der Waals surface area contributed by atoms with Gasteiger partial charge in [-0.1, -0.05) is 62.4 Å². The van der Waals surface area contributed by atoms with Crippen LogP contribution in [0.2, 0.25) is 0 Å². The lowest BCUT2D eigenvalue weighted by Crippen LogP contribution is -2.45. The summed E-state index contributed by atoms with van der Waals surface area (Å²) in [6, 6.07) is 16.0. The van der Waals surface area contributed by atoms with Gasteiger partial charge in [0.05, 0.1) is 11.4 Å². The predicted octanol–water partition coefficient (Wildman–Crippen LogP) is 4.54. The molecule has 5 heteroatoms. The molecule has 2 aromatic rings. The first-order valence-electron chi connectivity index (χ1n) is 10.8. The SMILES string of the molecule is C[C@@H](CC1CCCCC1)NCc1ccccc1N1c2ccccc2NC(=O)C1O. The molecule has 5 nitrogen and oxygen atoms in total. The molecule has 1 aliphatic heterocycles. The number of hydrogen-bond acceptors (Lipinski definition) is 4. The quantitative estimate of drug-likeness (QED) is 0.674. The Morgan fingerprint density at radius 2 is 1.76 bits per heavy atom. The third-order valence-corrected chi connectivity index (χ3v) is 6.20. The number of hydrogen-bond donors (Lipinski definition) is 3. The van der Waals surface area contributed by atoms with Crippen molar-refractivity contribution in [1.82, 2.24) is 5.32 Å². The third kappa shape index (κ3) is 4.46. The minimum Gasteiger partial charge on any atom is -0.365 e. The summed E-state index contributed by atoms with van der Waals surface area (Å²) in [7, 11) is 0. The van der Waals surface area contributed by atoms with E-state index in [9.17, 15) is 9.90 Å². The summed E-state index contributed by atoms with van der Waals surface area (Å²) in [6.07, 6.45) is 6.80. The van der Waals surface area contributed by atoms with Crippen molar-refractivity contribution in [3.05, 3.63) is 54.1 Å². The summed E-state index contributed by atoms with van der Waals surface area (Å²) in [4.78, 5) is 14.1. The Kier molecular flexibility index (Phi) is 6.16. The molecule has 154 valence electrons. The number of benzene rings is 2. The number of anilines is 3. The van der Waals surface area contributed by atoms with Crippen LogP contribution in [0.1, 0.15) is 51.0 Å². The number of aliphatic hydroxyl groups excluding tert-OH is 1. The average Bonchev–Trinajstić information content (AvgIpc) is 2.74. The molecular formula is C24H31N3O2. The molecule has 1 unspecified atom stereocenters. The van der Waals surface area contributed by atoms with E-state index < -0.39 is 12.1 Å². The van der Waals surface area contributed by atoms with Crippen molar-refractivity contribution in [2.75, 3.05) is 10.2 Å². The number of fused-ring (bicyclic) bond motifs is 1. The molecule has 1 saturated carbocycles. The highest BCUT2D eigenvalue weighted by atomic mass is 16.3. The lowest BCUT2D eigenvalue weighted by Gasteiger charge is -2.36. The van der Waals surface area contributed by atoms with Gasteiger partial charge in [-0.2, -0.15) is 0 Å². The van der Waals surface area contributed by atoms with E-state index in [0.29, 0.717) is 12.6 Å². The van der Waals surface area contributed by atoms with E-state index in [0.717, 1.165) is 28.5 Å². The van der Waals surface area contributed by atoms with Gasteiger partial charge in [0.2, 0.25) is 6.23 Å². The predicted molar refractivity (Wildman–Crippen MR) is 117 cm³/mol. The van der Waals surface area contributed by atoms with Crippen molar-refractivity contribution >= 4 is 23.0 Å². The first kappa shape index (κ1) is 19.9. The highest BCUT2D eigenvalue weighted by Gasteiger charge is 2.33. The Balaban J connectivity index is 1.52. The molecule has 2 aromatic carbocycles. The van der Waals surface area contributed by atoms with Crippen LogP contribution < -0.4 is 15.5 Å². The normalized spacial score (nSPS) is 20.8. The zero-order valence-electron chi connectivity index (χ0n) is 17.1. The van der Waals surface area contributed by atoms with Crippen LogP contribution in [-0.2, 0) is 11.3 Å². The van der Waals surface area contributed by atoms with Gasteiger partial charge in [-0.05, 0) is 43.0 Å². The fraction of sp³-hybridized carbons (Fsp3) is 0.458. The zero-order chi connectivity index (χ0) is 20.2. The van der Waals surface area contributed by atoms with Crippen LogP contribution in [0.25, 0.3) is 0 Å². The molecule has 1 heterocycles. The first-order chi connectivity index (χ1) is 14.1. The van der Waals surface area contributed by atoms with E-state index in [2.05, 4.69) is 23.6 Å². The Morgan fingerprint density at radius 1 is 1.07 bits per heavy atom. The molecule has 0 bridgehead atoms. The summed E-state index contributed by atoms with van der Waals surface area (Å²) < 4.78 is 0. The topological polar surface area (TPSA) is 64.6 Å². The molecule has 2 atom stereocenters. The first-order valence-corrected chi connectivity index (χ1v) is 10.8. The van der Waals surface area contributed by atoms with Gasteiger partial charge in [0, 0.05) is 18.3 Å². The maximum atomic E-state index is 12.3. The molecule has 0 saturated heterocycles. The van der Waals surface area contributed by atoms with Crippen LogP contribution in [0.5, 0.6) is 0 Å². The Labute approximate surface area is 173 Å². The molecule has 3 N–H and O–H groups in total. The summed E-state index contributed by atoms with van der Waals surface area (Å²) >= 11 is 0. The summed E-state index contributed by atoms with van der Waals surface area (Å²) in [6.45, 7) is 2.97. The smallest absolute Gasteiger partial charge is 0.274 e. The number of nitrogens with zero attached hydrogens (tertiary/aromatic N) is 1. The molecule has 0 aromatic heterocycles. The minimum absolute atomic E-state index is 0.405. The zero-order valence-corrected chi connectivity index (χ0v) is 17.1. The van der Waals surface area contributed by atoms with Crippen LogP contribution in [0.3, 0.4) is 0 Å². The van der Waals surface area contributed by atoms with Crippen molar-refractivity contribution in [2.24, 2.45) is 5.92 Å². The summed E-state index contributed by atoms with van der Waals surface area (Å²) in [5, 5.41) is 17.1. The van der Waals surface area contributed by atoms with Gasteiger partial charge in [-0.15, -0.1) is 0 Å². The fourth-order valence-corrected chi connectivity index (χ4v) is 4.68. The number of para-hydroxylation sites is 3. The Bertz CT molecular complexity index is 848. The van der Waals surface area contributed by atoms with Crippen molar-refractivity contribution in [1.29, 1.82) is 0 Å². The van der Waals surface area contributed by atoms with Crippen LogP contribution in [0.15, 0.2) is 48.5 Å². The molecule has 2 aliphatic rings. The largest absolute Gasteiger partial charge is 0.365 e. The lowest BCUT2D eigenvalue weighted by atomic mass is 9.85. The molecule has 4 rings (SSSR count). The monoisotopic (exact) mass is 393 g/mol. The van der Waals surface area contributed by atoms with E-state index in [4.69, 9.17) is 0 Å². The van der Waals surface area contributed by atoms with Crippen LogP contribution in [0, 0.1) is 5.92 Å². The second-order valence-electron chi connectivity index (χ2n) is 8.40. The molecule has 1 amide bonds. The number of nitrogens with one attached hydrogen (secondary N) is 2. The minimum atomic E-state index is -1.24. The van der Waals surface area contributed by atoms with Crippen LogP contribution in [-0.4, -0.2) is 23.3 Å². The average molecular weight is 394 g/mol. The Morgan fingerprint density at radius 3 is 2.55 bits per heavy atom. The van der Waals surface area contributed by atoms with Crippen molar-refractivity contribution in [3.63, 3.8) is 0 Å². The molecule has 1 fully saturated rings. The van der Waals surface area contributed by atoms with Gasteiger partial charge >= 0.3 is 0 Å². The van der Waals surface area contributed by atoms with Gasteiger partial charge in [0.1, 0.15) is 0 Å². The highest BCUT2D eigenvalue weighted by Crippen LogP contribution is 2.38. The van der Waals surface area contributed by atoms with E-state index in [1.54, 1.807) is 4.90 Å². The van der Waals surface area contributed by atoms with Gasteiger partial charge < -0.3 is 20.6 Å². The van der Waals surface area contributed by atoms with Crippen LogP contribution >= 0.6 is 0 Å². The third-order valence-electron chi connectivity index (χ3n) is 6.20. The fourth-order valence-electron chi connectivity index (χ4n) is 4.68. The van der Waals surface area contributed by atoms with E-state index in [1.807, 2.05) is 42.5 Å². The van der Waals surface area contributed by atoms with E-state index in [-0.39, 0.29) is 0 Å². The Hall–Kier alpha value is -2.37. The lowest BCUT2D eigenvalue weighted by molar-refractivity contribution is -0.123. The molecule has 29 heavy (non-hydrogen) atoms. The molecule has 0 spiro atoms. The number of aliphatic hydroxyl groups is 1. The van der Waals surface area contributed by atoms with Crippen LogP contribution in [0.4, 0.5) is 17.1 Å². The maximum absolute atomic E-state index is 12.3. The highest BCUT2D eigenvalue weighted by molar-refractivity contribution is 6.04. The number of rotatable bonds is 6. The van der Waals surface area contributed by atoms with Gasteiger partial charge in [-0.3, -0.25) is 4.79 Å². The van der Waals surface area contributed by atoms with E-state index in [1.165, 1.54) is 38.5 Å². The molecule has 1 aliphatic carbocycles. The standard InChI is InChI=1S/C24H31N3O2/c1-17(15-18-9-3-2-4-10-18)25-16-19-11-5-7-13-21(19)27-22-14-8-6-12-20(22)26-23(28)24(27)29/h5-8,11-14,17-18,24-25,29H,2-4,9-10,15-16H2,1H3,(H,26,28)/t17-,24?/m0/s1. The second kappa shape index (κ2) is 8.97. The number of amides is 1. The van der Waals surface area contributed by atoms with Gasteiger partial charge in [-0.25, -0.2) is 0 Å². The maximum Gasteiger partial charge on any atom is 0.274 e. The van der Waals surface area contributed by atoms with E-state index >= 15 is 0 Å². The van der Waals surface area contributed by atoms with Crippen molar-refractivity contribution < 1.29 is 9.90 Å². The van der Waals surface area contributed by atoms with Gasteiger partial charge in [0.25, 0.3) is 5.91 Å². The number of carbonyl (C=O) groups excluding carboxylic acids is 1. The molecular weight excluding hydrogens is 362 g/mol. The molecule has 0 radical (unpaired) electrons. The summed E-state index contributed by atoms with van der Waals surface area (Å²) in [5.41, 5.74) is 3.46. The second-order valence-corrected chi connectivity index (χ2v) is 8.40. The van der Waals surface area contributed by atoms with Gasteiger partial charge in [0.15, 0.2) is 0 Å². The van der Waals surface area contributed by atoms with Crippen molar-refractivity contribution in [2.45, 2.75) is 64.3 Å². The van der Waals surface area contributed by atoms with Crippen molar-refractivity contribution in [3.8, 4) is 0 Å². The summed E-state index contributed by atoms with van der Waals surface area (Å²) in [5.74, 6) is 0.429.